The normalized spacial score (nSPS) is 11.3. The van der Waals surface area contributed by atoms with Gasteiger partial charge in [0.25, 0.3) is 0 Å². The minimum atomic E-state index is -0.937. The van der Waals surface area contributed by atoms with Crippen LogP contribution in [0, 0.1) is 0 Å². The molecule has 2 rings (SSSR count). The molecule has 0 aliphatic carbocycles. The Labute approximate surface area is 146 Å². The van der Waals surface area contributed by atoms with Crippen molar-refractivity contribution in [3.63, 3.8) is 0 Å². The summed E-state index contributed by atoms with van der Waals surface area (Å²) in [7, 11) is 0. The van der Waals surface area contributed by atoms with Crippen molar-refractivity contribution in [3.8, 4) is 0 Å². The topological polar surface area (TPSA) is 105 Å². The van der Waals surface area contributed by atoms with Crippen molar-refractivity contribution in [1.82, 2.24) is 10.1 Å². The van der Waals surface area contributed by atoms with Gasteiger partial charge >= 0.3 is 5.97 Å². The molecule has 7 nitrogen and oxygen atoms in total. The maximum absolute atomic E-state index is 12.1. The number of aliphatic carboxylic acids is 1. The van der Waals surface area contributed by atoms with Crippen LogP contribution < -0.4 is 5.32 Å². The van der Waals surface area contributed by atoms with E-state index < -0.39 is 5.97 Å². The van der Waals surface area contributed by atoms with Gasteiger partial charge in [0.2, 0.25) is 11.8 Å². The number of aryl methyl sites for hydroxylation is 1. The predicted molar refractivity (Wildman–Crippen MR) is 92.3 cm³/mol. The van der Waals surface area contributed by atoms with Crippen LogP contribution in [0.3, 0.4) is 0 Å². The molecule has 0 radical (unpaired) electrons. The maximum Gasteiger partial charge on any atom is 0.307 e. The first-order valence-electron chi connectivity index (χ1n) is 8.18. The van der Waals surface area contributed by atoms with E-state index in [0.717, 1.165) is 0 Å². The number of hydrogen-bond donors (Lipinski definition) is 2. The molecule has 0 saturated carbocycles. The lowest BCUT2D eigenvalue weighted by molar-refractivity contribution is -0.136. The molecule has 0 spiro atoms. The molecule has 2 N–H and O–H groups in total. The number of carboxylic acid groups (broad SMARTS) is 1. The van der Waals surface area contributed by atoms with Crippen molar-refractivity contribution in [2.24, 2.45) is 0 Å². The van der Waals surface area contributed by atoms with E-state index in [1.54, 1.807) is 24.3 Å². The molecular weight excluding hydrogens is 322 g/mol. The zero-order valence-corrected chi connectivity index (χ0v) is 14.7. The molecule has 0 atom stereocenters. The Morgan fingerprint density at radius 1 is 1.24 bits per heavy atom. The SMILES string of the molecule is CC(C)(C)c1noc(CCCC(=O)Nc2ccccc2CC(=O)O)n1. The number of aromatic nitrogens is 2. The number of nitrogens with zero attached hydrogens (tertiary/aromatic N) is 2. The monoisotopic (exact) mass is 345 g/mol. The van der Waals surface area contributed by atoms with Crippen LogP contribution in [0.1, 0.15) is 50.9 Å². The van der Waals surface area contributed by atoms with Crippen LogP contribution >= 0.6 is 0 Å². The van der Waals surface area contributed by atoms with Gasteiger partial charge in [-0.25, -0.2) is 0 Å². The van der Waals surface area contributed by atoms with Crippen LogP contribution in [0.15, 0.2) is 28.8 Å². The van der Waals surface area contributed by atoms with Crippen LogP contribution in [-0.4, -0.2) is 27.1 Å². The minimum Gasteiger partial charge on any atom is -0.481 e. The molecule has 1 amide bonds. The highest BCUT2D eigenvalue weighted by Gasteiger charge is 2.20. The Bertz CT molecular complexity index is 747. The highest BCUT2D eigenvalue weighted by Crippen LogP contribution is 2.19. The number of carboxylic acids is 1. The molecule has 7 heteroatoms. The molecule has 2 aromatic rings. The molecule has 134 valence electrons. The quantitative estimate of drug-likeness (QED) is 0.799. The number of carbonyl (C=O) groups excluding carboxylic acids is 1. The molecule has 0 aliphatic rings. The number of rotatable bonds is 7. The molecule has 1 heterocycles. The van der Waals surface area contributed by atoms with Crippen molar-refractivity contribution in [2.45, 2.75) is 51.9 Å². The van der Waals surface area contributed by atoms with Gasteiger partial charge in [0, 0.05) is 23.9 Å². The first-order valence-corrected chi connectivity index (χ1v) is 8.18. The second-order valence-electron chi connectivity index (χ2n) is 6.89. The molecule has 0 saturated heterocycles. The van der Waals surface area contributed by atoms with Crippen LogP contribution in [0.4, 0.5) is 5.69 Å². The summed E-state index contributed by atoms with van der Waals surface area (Å²) in [6.45, 7) is 6.01. The second kappa shape index (κ2) is 7.92. The summed E-state index contributed by atoms with van der Waals surface area (Å²) in [5.41, 5.74) is 0.935. The summed E-state index contributed by atoms with van der Waals surface area (Å²) in [4.78, 5) is 27.3. The van der Waals surface area contributed by atoms with Gasteiger partial charge in [0.1, 0.15) is 0 Å². The van der Waals surface area contributed by atoms with Crippen LogP contribution in [0.5, 0.6) is 0 Å². The van der Waals surface area contributed by atoms with Crippen LogP contribution in [0.2, 0.25) is 0 Å². The molecule has 0 unspecified atom stereocenters. The number of amides is 1. The first-order chi connectivity index (χ1) is 11.8. The summed E-state index contributed by atoms with van der Waals surface area (Å²) in [6.07, 6.45) is 1.24. The fraction of sp³-hybridized carbons (Fsp3) is 0.444. The Morgan fingerprint density at radius 3 is 2.60 bits per heavy atom. The molecule has 1 aromatic heterocycles. The van der Waals surface area contributed by atoms with E-state index in [9.17, 15) is 9.59 Å². The van der Waals surface area contributed by atoms with Gasteiger partial charge in [-0.3, -0.25) is 9.59 Å². The Balaban J connectivity index is 1.85. The van der Waals surface area contributed by atoms with E-state index in [1.807, 2.05) is 20.8 Å². The summed E-state index contributed by atoms with van der Waals surface area (Å²) < 4.78 is 5.20. The van der Waals surface area contributed by atoms with Gasteiger partial charge in [-0.05, 0) is 18.1 Å². The fourth-order valence-electron chi connectivity index (χ4n) is 2.23. The molecule has 0 fully saturated rings. The molecule has 25 heavy (non-hydrogen) atoms. The minimum absolute atomic E-state index is 0.131. The van der Waals surface area contributed by atoms with Gasteiger partial charge in [-0.2, -0.15) is 4.98 Å². The van der Waals surface area contributed by atoms with Gasteiger partial charge in [-0.15, -0.1) is 0 Å². The maximum atomic E-state index is 12.1. The Kier molecular flexibility index (Phi) is 5.90. The van der Waals surface area contributed by atoms with Gasteiger partial charge in [0.05, 0.1) is 6.42 Å². The second-order valence-corrected chi connectivity index (χ2v) is 6.89. The van der Waals surface area contributed by atoms with Crippen molar-refractivity contribution in [3.05, 3.63) is 41.5 Å². The van der Waals surface area contributed by atoms with Gasteiger partial charge < -0.3 is 14.9 Å². The third kappa shape index (κ3) is 5.70. The zero-order valence-electron chi connectivity index (χ0n) is 14.7. The smallest absolute Gasteiger partial charge is 0.307 e. The summed E-state index contributed by atoms with van der Waals surface area (Å²) in [6, 6.07) is 6.89. The number of anilines is 1. The van der Waals surface area contributed by atoms with Crippen LogP contribution in [-0.2, 0) is 27.8 Å². The largest absolute Gasteiger partial charge is 0.481 e. The molecule has 1 aromatic carbocycles. The van der Waals surface area contributed by atoms with Crippen molar-refractivity contribution < 1.29 is 19.2 Å². The Hall–Kier alpha value is -2.70. The number of benzene rings is 1. The third-order valence-electron chi connectivity index (χ3n) is 3.57. The number of carbonyl (C=O) groups is 2. The number of hydrogen-bond acceptors (Lipinski definition) is 5. The van der Waals surface area contributed by atoms with E-state index in [0.29, 0.717) is 35.8 Å². The predicted octanol–water partition coefficient (Wildman–Crippen LogP) is 2.96. The molecule has 0 aliphatic heterocycles. The number of nitrogens with one attached hydrogen (secondary N) is 1. The Morgan fingerprint density at radius 2 is 1.96 bits per heavy atom. The summed E-state index contributed by atoms with van der Waals surface area (Å²) >= 11 is 0. The van der Waals surface area contributed by atoms with E-state index in [2.05, 4.69) is 15.5 Å². The highest BCUT2D eigenvalue weighted by molar-refractivity contribution is 5.92. The lowest BCUT2D eigenvalue weighted by atomic mass is 9.96. The van der Waals surface area contributed by atoms with Crippen molar-refractivity contribution in [1.29, 1.82) is 0 Å². The zero-order chi connectivity index (χ0) is 18.4. The van der Waals surface area contributed by atoms with Gasteiger partial charge in [-0.1, -0.05) is 44.1 Å². The molecular formula is C18H23N3O4. The standard InChI is InChI=1S/C18H23N3O4/c1-18(2,3)17-20-15(25-21-17)10-6-9-14(22)19-13-8-5-4-7-12(13)11-16(23)24/h4-5,7-8H,6,9-11H2,1-3H3,(H,19,22)(H,23,24). The van der Waals surface area contributed by atoms with E-state index in [-0.39, 0.29) is 24.2 Å². The first kappa shape index (κ1) is 18.6. The average Bonchev–Trinajstić information content (AvgIpc) is 2.98. The average molecular weight is 345 g/mol. The summed E-state index contributed by atoms with van der Waals surface area (Å²) in [5, 5.41) is 15.6. The third-order valence-corrected chi connectivity index (χ3v) is 3.57. The van der Waals surface area contributed by atoms with E-state index in [4.69, 9.17) is 9.63 Å². The summed E-state index contributed by atoms with van der Waals surface area (Å²) in [5.74, 6) is 0.0553. The van der Waals surface area contributed by atoms with E-state index >= 15 is 0 Å². The molecule has 0 bridgehead atoms. The van der Waals surface area contributed by atoms with Crippen LogP contribution in [0.25, 0.3) is 0 Å². The van der Waals surface area contributed by atoms with Gasteiger partial charge in [0.15, 0.2) is 5.82 Å². The number of para-hydroxylation sites is 1. The van der Waals surface area contributed by atoms with Crippen molar-refractivity contribution >= 4 is 17.6 Å². The van der Waals surface area contributed by atoms with Crippen molar-refractivity contribution in [2.75, 3.05) is 5.32 Å². The lowest BCUT2D eigenvalue weighted by Crippen LogP contribution is -2.14. The highest BCUT2D eigenvalue weighted by atomic mass is 16.5. The fourth-order valence-corrected chi connectivity index (χ4v) is 2.23. The van der Waals surface area contributed by atoms with E-state index in [1.165, 1.54) is 0 Å². The lowest BCUT2D eigenvalue weighted by Gasteiger charge is -2.10.